The zero-order valence-electron chi connectivity index (χ0n) is 13.4. The quantitative estimate of drug-likeness (QED) is 0.843. The predicted molar refractivity (Wildman–Crippen MR) is 85.6 cm³/mol. The molecule has 7 heteroatoms. The lowest BCUT2D eigenvalue weighted by Crippen LogP contribution is -2.42. The van der Waals surface area contributed by atoms with Gasteiger partial charge in [-0.2, -0.15) is 0 Å². The Balaban J connectivity index is 1.85. The van der Waals surface area contributed by atoms with Crippen molar-refractivity contribution >= 4 is 18.7 Å². The van der Waals surface area contributed by atoms with Crippen molar-refractivity contribution in [3.05, 3.63) is 29.0 Å². The Morgan fingerprint density at radius 2 is 1.86 bits per heavy atom. The second kappa shape index (κ2) is 6.36. The Hall–Kier alpha value is -0.815. The summed E-state index contributed by atoms with van der Waals surface area (Å²) in [5.74, 6) is -0.682. The third kappa shape index (κ3) is 3.74. The lowest BCUT2D eigenvalue weighted by atomic mass is 9.77. The summed E-state index contributed by atoms with van der Waals surface area (Å²) in [5, 5.41) is 0.332. The molecule has 0 aliphatic carbocycles. The second-order valence-electron chi connectivity index (χ2n) is 6.50. The van der Waals surface area contributed by atoms with Crippen LogP contribution in [-0.2, 0) is 9.31 Å². The van der Waals surface area contributed by atoms with Crippen molar-refractivity contribution in [3.63, 3.8) is 0 Å². The molecule has 1 saturated heterocycles. The molecule has 0 spiro atoms. The van der Waals surface area contributed by atoms with Crippen LogP contribution in [0, 0.1) is 5.82 Å². The average Bonchev–Trinajstić information content (AvgIpc) is 2.61. The van der Waals surface area contributed by atoms with E-state index in [0.29, 0.717) is 11.4 Å². The minimum absolute atomic E-state index is 0.158. The summed E-state index contributed by atoms with van der Waals surface area (Å²) in [6.07, 6.45) is 0.485. The minimum Gasteiger partial charge on any atom is -0.490 e. The summed E-state index contributed by atoms with van der Waals surface area (Å²) in [5.41, 5.74) is 5.27. The summed E-state index contributed by atoms with van der Waals surface area (Å²) < 4.78 is 30.7. The molecule has 0 radical (unpaired) electrons. The molecule has 0 bridgehead atoms. The number of halogens is 2. The fourth-order valence-electron chi connectivity index (χ4n) is 2.10. The van der Waals surface area contributed by atoms with Gasteiger partial charge in [-0.15, -0.1) is 0 Å². The fourth-order valence-corrected chi connectivity index (χ4v) is 2.26. The highest BCUT2D eigenvalue weighted by Crippen LogP contribution is 2.37. The van der Waals surface area contributed by atoms with E-state index in [1.54, 1.807) is 6.07 Å². The molecular weight excluding hydrogens is 307 g/mol. The summed E-state index contributed by atoms with van der Waals surface area (Å²) in [6.45, 7) is 8.15. The van der Waals surface area contributed by atoms with Crippen molar-refractivity contribution in [2.45, 2.75) is 51.3 Å². The van der Waals surface area contributed by atoms with Crippen molar-refractivity contribution in [1.29, 1.82) is 0 Å². The molecule has 0 saturated carbocycles. The number of rotatable bonds is 5. The summed E-state index contributed by atoms with van der Waals surface area (Å²) in [7, 11) is -0.497. The Kier molecular flexibility index (Phi) is 5.07. The van der Waals surface area contributed by atoms with Crippen molar-refractivity contribution in [1.82, 2.24) is 0 Å². The van der Waals surface area contributed by atoms with E-state index < -0.39 is 24.1 Å². The van der Waals surface area contributed by atoms with Gasteiger partial charge in [0, 0.05) is 11.0 Å². The standard InChI is InChI=1S/C15H22BClFNO3/c1-14(2)15(3,4)22-16(21-14)13(19)7-8-20-12-6-5-10(17)9-11(12)18/h5-6,9,13H,7-8,19H2,1-4H3/t13-/m1/s1. The van der Waals surface area contributed by atoms with Gasteiger partial charge in [0.05, 0.1) is 17.8 Å². The number of nitrogens with two attached hydrogens (primary N) is 1. The van der Waals surface area contributed by atoms with Crippen LogP contribution in [-0.4, -0.2) is 30.9 Å². The van der Waals surface area contributed by atoms with E-state index in [1.165, 1.54) is 12.1 Å². The summed E-state index contributed by atoms with van der Waals surface area (Å²) >= 11 is 5.69. The van der Waals surface area contributed by atoms with Crippen LogP contribution in [0.5, 0.6) is 5.75 Å². The van der Waals surface area contributed by atoms with Gasteiger partial charge in [0.15, 0.2) is 11.6 Å². The molecule has 22 heavy (non-hydrogen) atoms. The molecule has 2 rings (SSSR count). The van der Waals surface area contributed by atoms with Gasteiger partial charge < -0.3 is 19.8 Å². The van der Waals surface area contributed by atoms with E-state index in [-0.39, 0.29) is 18.3 Å². The molecule has 2 N–H and O–H groups in total. The first kappa shape index (κ1) is 17.5. The highest BCUT2D eigenvalue weighted by molar-refractivity contribution is 6.47. The topological polar surface area (TPSA) is 53.7 Å². The van der Waals surface area contributed by atoms with Crippen LogP contribution >= 0.6 is 11.6 Å². The minimum atomic E-state index is -0.497. The van der Waals surface area contributed by atoms with Gasteiger partial charge in [0.25, 0.3) is 0 Å². The Bertz CT molecular complexity index is 526. The molecule has 1 aromatic rings. The van der Waals surface area contributed by atoms with Crippen molar-refractivity contribution < 1.29 is 18.4 Å². The third-order valence-electron chi connectivity index (χ3n) is 4.22. The number of hydrogen-bond acceptors (Lipinski definition) is 4. The molecule has 122 valence electrons. The second-order valence-corrected chi connectivity index (χ2v) is 6.94. The lowest BCUT2D eigenvalue weighted by Gasteiger charge is -2.32. The molecule has 0 amide bonds. The maximum Gasteiger partial charge on any atom is 0.475 e. The van der Waals surface area contributed by atoms with Gasteiger partial charge in [-0.1, -0.05) is 11.6 Å². The molecule has 0 aromatic heterocycles. The molecule has 1 atom stereocenters. The summed E-state index contributed by atoms with van der Waals surface area (Å²) in [6, 6.07) is 4.29. The first-order chi connectivity index (χ1) is 10.1. The van der Waals surface area contributed by atoms with Crippen LogP contribution in [0.25, 0.3) is 0 Å². The normalized spacial score (nSPS) is 21.0. The molecule has 1 aromatic carbocycles. The van der Waals surface area contributed by atoms with Crippen LogP contribution < -0.4 is 10.5 Å². The van der Waals surface area contributed by atoms with Gasteiger partial charge in [0.1, 0.15) is 0 Å². The first-order valence-electron chi connectivity index (χ1n) is 7.31. The highest BCUT2D eigenvalue weighted by atomic mass is 35.5. The largest absolute Gasteiger partial charge is 0.490 e. The summed E-state index contributed by atoms with van der Waals surface area (Å²) in [4.78, 5) is 0. The van der Waals surface area contributed by atoms with Gasteiger partial charge >= 0.3 is 7.12 Å². The molecular formula is C15H22BClFNO3. The Labute approximate surface area is 136 Å². The van der Waals surface area contributed by atoms with Gasteiger partial charge in [-0.3, -0.25) is 0 Å². The van der Waals surface area contributed by atoms with Crippen LogP contribution in [0.4, 0.5) is 4.39 Å². The highest BCUT2D eigenvalue weighted by Gasteiger charge is 2.52. The Morgan fingerprint density at radius 1 is 1.27 bits per heavy atom. The zero-order valence-corrected chi connectivity index (χ0v) is 14.1. The smallest absolute Gasteiger partial charge is 0.475 e. The predicted octanol–water partition coefficient (Wildman–Crippen LogP) is 3.21. The van der Waals surface area contributed by atoms with Crippen LogP contribution in [0.1, 0.15) is 34.1 Å². The molecule has 1 heterocycles. The molecule has 1 aliphatic rings. The van der Waals surface area contributed by atoms with Crippen LogP contribution in [0.3, 0.4) is 0 Å². The molecule has 1 fully saturated rings. The van der Waals surface area contributed by atoms with E-state index >= 15 is 0 Å². The number of benzene rings is 1. The average molecular weight is 330 g/mol. The van der Waals surface area contributed by atoms with E-state index in [9.17, 15) is 4.39 Å². The van der Waals surface area contributed by atoms with Crippen LogP contribution in [0.2, 0.25) is 5.02 Å². The van der Waals surface area contributed by atoms with Gasteiger partial charge in [0.2, 0.25) is 0 Å². The molecule has 1 aliphatic heterocycles. The van der Waals surface area contributed by atoms with Gasteiger partial charge in [-0.05, 0) is 52.3 Å². The van der Waals surface area contributed by atoms with Crippen molar-refractivity contribution in [3.8, 4) is 5.75 Å². The van der Waals surface area contributed by atoms with E-state index in [1.807, 2.05) is 27.7 Å². The lowest BCUT2D eigenvalue weighted by molar-refractivity contribution is 0.00578. The van der Waals surface area contributed by atoms with E-state index in [4.69, 9.17) is 31.4 Å². The van der Waals surface area contributed by atoms with E-state index in [2.05, 4.69) is 0 Å². The number of hydrogen-bond donors (Lipinski definition) is 1. The molecule has 4 nitrogen and oxygen atoms in total. The maximum atomic E-state index is 13.6. The molecule has 0 unspecified atom stereocenters. The SMILES string of the molecule is CC1(C)OB([C@H](N)CCOc2ccc(Cl)cc2F)OC1(C)C. The monoisotopic (exact) mass is 329 g/mol. The maximum absolute atomic E-state index is 13.6. The fraction of sp³-hybridized carbons (Fsp3) is 0.600. The zero-order chi connectivity index (χ0) is 16.5. The van der Waals surface area contributed by atoms with E-state index in [0.717, 1.165) is 0 Å². The van der Waals surface area contributed by atoms with Crippen molar-refractivity contribution in [2.75, 3.05) is 6.61 Å². The van der Waals surface area contributed by atoms with Crippen LogP contribution in [0.15, 0.2) is 18.2 Å². The third-order valence-corrected chi connectivity index (χ3v) is 4.46. The Morgan fingerprint density at radius 3 is 2.41 bits per heavy atom. The number of ether oxygens (including phenoxy) is 1. The van der Waals surface area contributed by atoms with Crippen molar-refractivity contribution in [2.24, 2.45) is 5.73 Å². The first-order valence-corrected chi connectivity index (χ1v) is 7.69. The van der Waals surface area contributed by atoms with Gasteiger partial charge in [-0.25, -0.2) is 4.39 Å².